The van der Waals surface area contributed by atoms with Gasteiger partial charge in [0.1, 0.15) is 13.4 Å². The fraction of sp³-hybridized carbons (Fsp3) is 0.267. The third-order valence-corrected chi connectivity index (χ3v) is 4.98. The molecule has 5 nitrogen and oxygen atoms in total. The Bertz CT molecular complexity index is 772. The normalized spacial score (nSPS) is 21.8. The number of nitrogens with zero attached hydrogens (tertiary/aromatic N) is 3. The maximum absolute atomic E-state index is 12.1. The molecule has 1 aliphatic rings. The molecule has 0 saturated heterocycles. The van der Waals surface area contributed by atoms with Gasteiger partial charge >= 0.3 is 0 Å². The molecule has 0 aromatic carbocycles. The number of amides is 1. The van der Waals surface area contributed by atoms with Gasteiger partial charge in [0, 0.05) is 29.9 Å². The molecular weight excluding hydrogens is 295 g/mol. The van der Waals surface area contributed by atoms with Crippen molar-refractivity contribution < 1.29 is 4.79 Å². The van der Waals surface area contributed by atoms with Crippen LogP contribution < -0.4 is 11.2 Å². The van der Waals surface area contributed by atoms with E-state index < -0.39 is 5.54 Å². The van der Waals surface area contributed by atoms with Crippen molar-refractivity contribution in [3.8, 4) is 11.1 Å². The molecule has 2 N–H and O–H groups in total. The summed E-state index contributed by atoms with van der Waals surface area (Å²) in [6.45, 7) is 1.93. The standard InChI is InChI=1S/C15H15BN4OS/c1-15(5-13(21)20(2)14(17)19-15)12-4-10(8-22-12)9-3-11(16)7-18-6-9/h3-4,6-8H,5H2,1-2H3,(H2,17,19)/t15-/m0/s1. The SMILES string of the molecule is [B]c1cncc(-c2csc([C@]3(C)CC(=O)N(C)C(N)=N3)c2)c1. The Hall–Kier alpha value is -2.15. The van der Waals surface area contributed by atoms with Gasteiger partial charge in [0.2, 0.25) is 5.91 Å². The molecule has 3 rings (SSSR count). The first-order valence-electron chi connectivity index (χ1n) is 6.81. The number of carbonyl (C=O) groups excluding carboxylic acids is 1. The van der Waals surface area contributed by atoms with E-state index in [1.54, 1.807) is 30.8 Å². The van der Waals surface area contributed by atoms with Crippen molar-refractivity contribution in [2.24, 2.45) is 10.7 Å². The Balaban J connectivity index is 1.99. The Morgan fingerprint density at radius 1 is 1.36 bits per heavy atom. The van der Waals surface area contributed by atoms with Gasteiger partial charge in [0.25, 0.3) is 0 Å². The van der Waals surface area contributed by atoms with Gasteiger partial charge in [-0.2, -0.15) is 0 Å². The Morgan fingerprint density at radius 2 is 2.14 bits per heavy atom. The maximum atomic E-state index is 12.1. The summed E-state index contributed by atoms with van der Waals surface area (Å²) in [5, 5.41) is 2.02. The van der Waals surface area contributed by atoms with Crippen LogP contribution in [0.2, 0.25) is 0 Å². The van der Waals surface area contributed by atoms with Gasteiger partial charge in [-0.15, -0.1) is 11.3 Å². The summed E-state index contributed by atoms with van der Waals surface area (Å²) in [4.78, 5) is 23.1. The smallest absolute Gasteiger partial charge is 0.231 e. The van der Waals surface area contributed by atoms with E-state index in [-0.39, 0.29) is 11.9 Å². The van der Waals surface area contributed by atoms with Crippen molar-refractivity contribution in [3.05, 3.63) is 34.8 Å². The van der Waals surface area contributed by atoms with Crippen LogP contribution in [0.25, 0.3) is 11.1 Å². The van der Waals surface area contributed by atoms with Crippen LogP contribution in [-0.2, 0) is 10.3 Å². The van der Waals surface area contributed by atoms with Crippen molar-refractivity contribution in [1.29, 1.82) is 0 Å². The molecule has 2 aromatic heterocycles. The van der Waals surface area contributed by atoms with Crippen molar-refractivity contribution in [3.63, 3.8) is 0 Å². The molecule has 22 heavy (non-hydrogen) atoms. The highest BCUT2D eigenvalue weighted by molar-refractivity contribution is 7.10. The molecule has 1 atom stereocenters. The first-order chi connectivity index (χ1) is 10.4. The lowest BCUT2D eigenvalue weighted by Gasteiger charge is -2.32. The van der Waals surface area contributed by atoms with E-state index in [1.807, 2.05) is 24.4 Å². The van der Waals surface area contributed by atoms with Crippen LogP contribution in [-0.4, -0.2) is 36.6 Å². The van der Waals surface area contributed by atoms with Crippen molar-refractivity contribution in [1.82, 2.24) is 9.88 Å². The van der Waals surface area contributed by atoms with Gasteiger partial charge in [-0.05, 0) is 23.9 Å². The molecule has 0 unspecified atom stereocenters. The second kappa shape index (κ2) is 5.24. The zero-order valence-corrected chi connectivity index (χ0v) is 13.2. The molecule has 2 aromatic rings. The number of aliphatic imine (C=N–C) groups is 1. The Morgan fingerprint density at radius 3 is 2.82 bits per heavy atom. The summed E-state index contributed by atoms with van der Waals surface area (Å²) < 4.78 is 0. The topological polar surface area (TPSA) is 71.6 Å². The number of hydrogen-bond acceptors (Lipinski definition) is 5. The van der Waals surface area contributed by atoms with E-state index in [1.165, 1.54) is 4.90 Å². The first kappa shape index (κ1) is 14.8. The number of thiophene rings is 1. The molecule has 0 spiro atoms. The van der Waals surface area contributed by atoms with Crippen LogP contribution in [0.3, 0.4) is 0 Å². The highest BCUT2D eigenvalue weighted by Crippen LogP contribution is 2.38. The van der Waals surface area contributed by atoms with Gasteiger partial charge in [-0.1, -0.05) is 11.5 Å². The number of pyridine rings is 1. The zero-order chi connectivity index (χ0) is 15.9. The monoisotopic (exact) mass is 310 g/mol. The van der Waals surface area contributed by atoms with Crippen LogP contribution in [0.5, 0.6) is 0 Å². The highest BCUT2D eigenvalue weighted by Gasteiger charge is 2.37. The van der Waals surface area contributed by atoms with Crippen molar-refractivity contribution in [2.75, 3.05) is 7.05 Å². The second-order valence-electron chi connectivity index (χ2n) is 5.58. The summed E-state index contributed by atoms with van der Waals surface area (Å²) in [7, 11) is 7.41. The maximum Gasteiger partial charge on any atom is 0.231 e. The lowest BCUT2D eigenvalue weighted by molar-refractivity contribution is -0.128. The average Bonchev–Trinajstić information content (AvgIpc) is 2.95. The number of rotatable bonds is 2. The molecule has 2 radical (unpaired) electrons. The number of aromatic nitrogens is 1. The van der Waals surface area contributed by atoms with E-state index >= 15 is 0 Å². The molecule has 0 saturated carbocycles. The van der Waals surface area contributed by atoms with Crippen molar-refractivity contribution >= 4 is 36.5 Å². The number of carbonyl (C=O) groups is 1. The Kier molecular flexibility index (Phi) is 3.52. The fourth-order valence-corrected chi connectivity index (χ4v) is 3.46. The Labute approximate surface area is 134 Å². The summed E-state index contributed by atoms with van der Waals surface area (Å²) >= 11 is 1.56. The largest absolute Gasteiger partial charge is 0.369 e. The summed E-state index contributed by atoms with van der Waals surface area (Å²) in [6.07, 6.45) is 3.68. The molecule has 0 aliphatic carbocycles. The zero-order valence-electron chi connectivity index (χ0n) is 12.4. The van der Waals surface area contributed by atoms with E-state index in [0.717, 1.165) is 16.0 Å². The van der Waals surface area contributed by atoms with Crippen LogP contribution in [0, 0.1) is 0 Å². The molecule has 1 amide bonds. The minimum absolute atomic E-state index is 0.0319. The van der Waals surface area contributed by atoms with Gasteiger partial charge in [-0.25, -0.2) is 4.99 Å². The molecule has 110 valence electrons. The number of nitrogens with two attached hydrogens (primary N) is 1. The molecule has 0 fully saturated rings. The van der Waals surface area contributed by atoms with E-state index in [9.17, 15) is 4.79 Å². The van der Waals surface area contributed by atoms with Gasteiger partial charge in [0.15, 0.2) is 5.96 Å². The second-order valence-corrected chi connectivity index (χ2v) is 6.49. The molecule has 3 heterocycles. The van der Waals surface area contributed by atoms with Gasteiger partial charge < -0.3 is 5.73 Å². The molecule has 0 bridgehead atoms. The molecular formula is C15H15BN4OS. The minimum atomic E-state index is -0.621. The summed E-state index contributed by atoms with van der Waals surface area (Å²) in [6, 6.07) is 3.90. The summed E-state index contributed by atoms with van der Waals surface area (Å²) in [5.41, 5.74) is 7.81. The first-order valence-corrected chi connectivity index (χ1v) is 7.69. The molecule has 1 aliphatic heterocycles. The average molecular weight is 310 g/mol. The van der Waals surface area contributed by atoms with Crippen LogP contribution in [0.4, 0.5) is 0 Å². The van der Waals surface area contributed by atoms with E-state index in [4.69, 9.17) is 13.6 Å². The van der Waals surface area contributed by atoms with Crippen LogP contribution in [0.1, 0.15) is 18.2 Å². The third-order valence-electron chi connectivity index (χ3n) is 3.80. The minimum Gasteiger partial charge on any atom is -0.369 e. The quantitative estimate of drug-likeness (QED) is 0.841. The van der Waals surface area contributed by atoms with Crippen molar-refractivity contribution in [2.45, 2.75) is 18.9 Å². The molecule has 7 heteroatoms. The fourth-order valence-electron chi connectivity index (χ4n) is 2.44. The number of hydrogen-bond donors (Lipinski definition) is 1. The van der Waals surface area contributed by atoms with Gasteiger partial charge in [0.05, 0.1) is 6.42 Å². The lowest BCUT2D eigenvalue weighted by atomic mass is 9.92. The van der Waals surface area contributed by atoms with Crippen LogP contribution >= 0.6 is 11.3 Å². The third kappa shape index (κ3) is 2.52. The van der Waals surface area contributed by atoms with Gasteiger partial charge in [-0.3, -0.25) is 14.7 Å². The predicted octanol–water partition coefficient (Wildman–Crippen LogP) is 0.996. The predicted molar refractivity (Wildman–Crippen MR) is 89.3 cm³/mol. The van der Waals surface area contributed by atoms with E-state index in [0.29, 0.717) is 11.9 Å². The summed E-state index contributed by atoms with van der Waals surface area (Å²) in [5.74, 6) is 0.217. The number of guanidine groups is 1. The lowest BCUT2D eigenvalue weighted by Crippen LogP contribution is -2.47. The van der Waals surface area contributed by atoms with Crippen LogP contribution in [0.15, 0.2) is 34.9 Å². The van der Waals surface area contributed by atoms with E-state index in [2.05, 4.69) is 9.98 Å². The highest BCUT2D eigenvalue weighted by atomic mass is 32.1.